The molecule has 0 bridgehead atoms. The number of benzene rings is 2. The molecule has 2 N–H and O–H groups in total. The summed E-state index contributed by atoms with van der Waals surface area (Å²) >= 11 is 1.26. The lowest BCUT2D eigenvalue weighted by molar-refractivity contribution is -0.136. The Balaban J connectivity index is 1.80. The van der Waals surface area contributed by atoms with E-state index in [9.17, 15) is 9.90 Å². The Bertz CT molecular complexity index is 840. The lowest BCUT2D eigenvalue weighted by atomic mass is 10.1. The fourth-order valence-corrected chi connectivity index (χ4v) is 3.37. The number of imidazole rings is 1. The number of aromatic amines is 1. The molecule has 0 radical (unpaired) electrons. The van der Waals surface area contributed by atoms with Crippen LogP contribution in [0.2, 0.25) is 0 Å². The topological polar surface area (TPSA) is 66.0 Å². The monoisotopic (exact) mass is 326 g/mol. The number of rotatable bonds is 5. The van der Waals surface area contributed by atoms with E-state index in [0.29, 0.717) is 11.6 Å². The van der Waals surface area contributed by atoms with Crippen molar-refractivity contribution in [3.05, 3.63) is 59.2 Å². The van der Waals surface area contributed by atoms with Crippen molar-refractivity contribution in [3.63, 3.8) is 0 Å². The number of aromatic nitrogens is 2. The van der Waals surface area contributed by atoms with Crippen LogP contribution < -0.4 is 0 Å². The minimum atomic E-state index is -0.827. The molecule has 0 saturated heterocycles. The molecule has 0 saturated carbocycles. The molecule has 0 aliphatic rings. The van der Waals surface area contributed by atoms with E-state index >= 15 is 0 Å². The van der Waals surface area contributed by atoms with Gasteiger partial charge in [0.15, 0.2) is 5.16 Å². The maximum atomic E-state index is 11.6. The Hall–Kier alpha value is -2.27. The molecule has 3 aromatic rings. The third-order valence-electron chi connectivity index (χ3n) is 3.69. The van der Waals surface area contributed by atoms with Crippen LogP contribution in [0.3, 0.4) is 0 Å². The van der Waals surface area contributed by atoms with Gasteiger partial charge in [0.25, 0.3) is 0 Å². The van der Waals surface area contributed by atoms with Gasteiger partial charge in [-0.3, -0.25) is 4.79 Å². The van der Waals surface area contributed by atoms with Crippen molar-refractivity contribution in [1.82, 2.24) is 9.97 Å². The van der Waals surface area contributed by atoms with E-state index in [-0.39, 0.29) is 0 Å². The van der Waals surface area contributed by atoms with Crippen LogP contribution in [0.1, 0.15) is 16.7 Å². The molecule has 23 heavy (non-hydrogen) atoms. The molecule has 1 heterocycles. The first-order chi connectivity index (χ1) is 11.0. The van der Waals surface area contributed by atoms with Gasteiger partial charge in [-0.05, 0) is 43.5 Å². The van der Waals surface area contributed by atoms with Gasteiger partial charge < -0.3 is 10.1 Å². The van der Waals surface area contributed by atoms with Gasteiger partial charge in [-0.15, -0.1) is 0 Å². The summed E-state index contributed by atoms with van der Waals surface area (Å²) in [6, 6.07) is 13.9. The number of aliphatic carboxylic acids is 1. The van der Waals surface area contributed by atoms with E-state index in [0.717, 1.165) is 22.2 Å². The number of carboxylic acids is 1. The summed E-state index contributed by atoms with van der Waals surface area (Å²) in [5, 5.41) is 9.58. The van der Waals surface area contributed by atoms with Gasteiger partial charge in [-0.25, -0.2) is 4.98 Å². The van der Waals surface area contributed by atoms with Gasteiger partial charge in [-0.1, -0.05) is 47.7 Å². The molecule has 118 valence electrons. The number of fused-ring (bicyclic) bond motifs is 1. The van der Waals surface area contributed by atoms with Crippen molar-refractivity contribution in [3.8, 4) is 0 Å². The van der Waals surface area contributed by atoms with Crippen LogP contribution in [0.4, 0.5) is 0 Å². The molecule has 0 fully saturated rings. The van der Waals surface area contributed by atoms with E-state index in [1.54, 1.807) is 0 Å². The van der Waals surface area contributed by atoms with Gasteiger partial charge in [0.05, 0.1) is 11.0 Å². The molecule has 0 spiro atoms. The summed E-state index contributed by atoms with van der Waals surface area (Å²) in [7, 11) is 0. The number of H-pyrrole nitrogens is 1. The summed E-state index contributed by atoms with van der Waals surface area (Å²) in [5.74, 6) is -0.827. The number of carboxylic acid groups (broad SMARTS) is 1. The van der Waals surface area contributed by atoms with Crippen LogP contribution in [0, 0.1) is 13.8 Å². The average molecular weight is 326 g/mol. The summed E-state index contributed by atoms with van der Waals surface area (Å²) in [4.78, 5) is 19.3. The second kappa shape index (κ2) is 6.46. The Morgan fingerprint density at radius 3 is 2.57 bits per heavy atom. The molecular weight excluding hydrogens is 308 g/mol. The van der Waals surface area contributed by atoms with Crippen LogP contribution in [-0.4, -0.2) is 26.3 Å². The van der Waals surface area contributed by atoms with Gasteiger partial charge in [0, 0.05) is 0 Å². The molecular formula is C18H18N2O2S. The highest BCUT2D eigenvalue weighted by Gasteiger charge is 2.21. The molecule has 2 aromatic carbocycles. The van der Waals surface area contributed by atoms with Crippen LogP contribution in [0.15, 0.2) is 47.6 Å². The van der Waals surface area contributed by atoms with E-state index < -0.39 is 11.2 Å². The predicted octanol–water partition coefficient (Wildman–Crippen LogP) is 3.97. The van der Waals surface area contributed by atoms with Crippen molar-refractivity contribution in [2.24, 2.45) is 0 Å². The normalized spacial score (nSPS) is 12.4. The van der Waals surface area contributed by atoms with E-state index in [4.69, 9.17) is 0 Å². The van der Waals surface area contributed by atoms with Gasteiger partial charge in [0.1, 0.15) is 5.25 Å². The Kier molecular flexibility index (Phi) is 4.39. The minimum Gasteiger partial charge on any atom is -0.480 e. The first kappa shape index (κ1) is 15.6. The number of aryl methyl sites for hydroxylation is 2. The molecule has 1 aromatic heterocycles. The number of hydrogen-bond donors (Lipinski definition) is 2. The van der Waals surface area contributed by atoms with Gasteiger partial charge >= 0.3 is 5.97 Å². The molecule has 1 atom stereocenters. The van der Waals surface area contributed by atoms with Crippen molar-refractivity contribution in [1.29, 1.82) is 0 Å². The Labute approximate surface area is 139 Å². The van der Waals surface area contributed by atoms with Crippen molar-refractivity contribution >= 4 is 28.8 Å². The predicted molar refractivity (Wildman–Crippen MR) is 93.0 cm³/mol. The van der Waals surface area contributed by atoms with Crippen molar-refractivity contribution in [2.45, 2.75) is 30.7 Å². The minimum absolute atomic E-state index is 0.469. The molecule has 0 aliphatic carbocycles. The van der Waals surface area contributed by atoms with E-state index in [2.05, 4.69) is 9.97 Å². The molecule has 0 unspecified atom stereocenters. The molecule has 0 amide bonds. The SMILES string of the molecule is Cc1ccc(C[C@H](Sc2nc3ccc(C)cc3[nH]2)C(=O)O)cc1. The second-order valence-electron chi connectivity index (χ2n) is 5.70. The zero-order valence-corrected chi connectivity index (χ0v) is 13.9. The Morgan fingerprint density at radius 2 is 1.87 bits per heavy atom. The van der Waals surface area contributed by atoms with E-state index in [1.807, 2.05) is 56.3 Å². The molecule has 4 nitrogen and oxygen atoms in total. The van der Waals surface area contributed by atoms with E-state index in [1.165, 1.54) is 17.3 Å². The molecule has 3 rings (SSSR count). The highest BCUT2D eigenvalue weighted by Crippen LogP contribution is 2.26. The lowest BCUT2D eigenvalue weighted by Crippen LogP contribution is -2.19. The summed E-state index contributed by atoms with van der Waals surface area (Å²) in [6.07, 6.45) is 0.469. The fraction of sp³-hybridized carbons (Fsp3) is 0.222. The first-order valence-corrected chi connectivity index (χ1v) is 8.30. The van der Waals surface area contributed by atoms with Gasteiger partial charge in [-0.2, -0.15) is 0 Å². The first-order valence-electron chi connectivity index (χ1n) is 7.42. The maximum absolute atomic E-state index is 11.6. The number of nitrogens with one attached hydrogen (secondary N) is 1. The van der Waals surface area contributed by atoms with Crippen molar-refractivity contribution in [2.75, 3.05) is 0 Å². The zero-order valence-electron chi connectivity index (χ0n) is 13.0. The van der Waals surface area contributed by atoms with Crippen LogP contribution >= 0.6 is 11.8 Å². The lowest BCUT2D eigenvalue weighted by Gasteiger charge is -2.10. The Morgan fingerprint density at radius 1 is 1.17 bits per heavy atom. The zero-order chi connectivity index (χ0) is 16.4. The quantitative estimate of drug-likeness (QED) is 0.696. The molecule has 0 aliphatic heterocycles. The standard InChI is InChI=1S/C18H18N2O2S/c1-11-3-6-13(7-4-11)10-16(17(21)22)23-18-19-14-8-5-12(2)9-15(14)20-18/h3-9,16H,10H2,1-2H3,(H,19,20)(H,21,22)/t16-/m0/s1. The highest BCUT2D eigenvalue weighted by molar-refractivity contribution is 8.00. The molecule has 5 heteroatoms. The summed E-state index contributed by atoms with van der Waals surface area (Å²) in [5.41, 5.74) is 5.13. The van der Waals surface area contributed by atoms with Crippen LogP contribution in [0.5, 0.6) is 0 Å². The number of carbonyl (C=O) groups is 1. The number of hydrogen-bond acceptors (Lipinski definition) is 3. The third kappa shape index (κ3) is 3.74. The fourth-order valence-electron chi connectivity index (χ4n) is 2.41. The average Bonchev–Trinajstić information content (AvgIpc) is 2.90. The van der Waals surface area contributed by atoms with Crippen molar-refractivity contribution < 1.29 is 9.90 Å². The summed E-state index contributed by atoms with van der Waals surface area (Å²) in [6.45, 7) is 4.04. The highest BCUT2D eigenvalue weighted by atomic mass is 32.2. The van der Waals surface area contributed by atoms with Gasteiger partial charge in [0.2, 0.25) is 0 Å². The smallest absolute Gasteiger partial charge is 0.317 e. The van der Waals surface area contributed by atoms with Crippen LogP contribution in [0.25, 0.3) is 11.0 Å². The second-order valence-corrected chi connectivity index (χ2v) is 6.89. The maximum Gasteiger partial charge on any atom is 0.317 e. The number of thioether (sulfide) groups is 1. The number of nitrogens with zero attached hydrogens (tertiary/aromatic N) is 1. The summed E-state index contributed by atoms with van der Waals surface area (Å²) < 4.78 is 0. The largest absolute Gasteiger partial charge is 0.480 e. The van der Waals surface area contributed by atoms with Crippen LogP contribution in [-0.2, 0) is 11.2 Å². The third-order valence-corrected chi connectivity index (χ3v) is 4.76.